The molecule has 0 bridgehead atoms. The van der Waals surface area contributed by atoms with Gasteiger partial charge in [-0.2, -0.15) is 5.10 Å². The molecule has 8 nitrogen and oxygen atoms in total. The molecule has 1 aliphatic heterocycles. The number of aromatic nitrogens is 4. The quantitative estimate of drug-likeness (QED) is 0.610. The number of anilines is 3. The SMILES string of the molecule is C[C@@H]1CNc2ccc(-c3cncc(C(C)(C)C)c3)nc2N(C(=O)Nc2cccnn2)[C@@H]1C. The first-order valence-corrected chi connectivity index (χ1v) is 10.8. The number of amides is 2. The summed E-state index contributed by atoms with van der Waals surface area (Å²) in [5.74, 6) is 1.20. The van der Waals surface area contributed by atoms with Crippen molar-refractivity contribution in [1.29, 1.82) is 0 Å². The van der Waals surface area contributed by atoms with Crippen molar-refractivity contribution in [2.24, 2.45) is 5.92 Å². The van der Waals surface area contributed by atoms with Gasteiger partial charge in [0.1, 0.15) is 0 Å². The van der Waals surface area contributed by atoms with Crippen molar-refractivity contribution in [3.05, 3.63) is 54.5 Å². The molecular weight excluding hydrogens is 402 g/mol. The molecule has 0 aromatic carbocycles. The summed E-state index contributed by atoms with van der Waals surface area (Å²) in [6, 6.07) is 9.13. The van der Waals surface area contributed by atoms with Gasteiger partial charge in [0.15, 0.2) is 11.6 Å². The number of nitrogens with one attached hydrogen (secondary N) is 2. The molecule has 0 spiro atoms. The molecule has 8 heteroatoms. The van der Waals surface area contributed by atoms with Gasteiger partial charge in [0, 0.05) is 36.7 Å². The second-order valence-electron chi connectivity index (χ2n) is 9.29. The zero-order valence-electron chi connectivity index (χ0n) is 19.1. The Kier molecular flexibility index (Phi) is 5.78. The molecule has 3 aromatic heterocycles. The van der Waals surface area contributed by atoms with Gasteiger partial charge in [-0.25, -0.2) is 9.78 Å². The Morgan fingerprint density at radius 2 is 2.00 bits per heavy atom. The topological polar surface area (TPSA) is 95.9 Å². The first-order valence-electron chi connectivity index (χ1n) is 10.8. The third-order valence-electron chi connectivity index (χ3n) is 5.87. The van der Waals surface area contributed by atoms with Gasteiger partial charge in [-0.05, 0) is 54.2 Å². The summed E-state index contributed by atoms with van der Waals surface area (Å²) < 4.78 is 0. The number of pyridine rings is 2. The highest BCUT2D eigenvalue weighted by Crippen LogP contribution is 2.34. The molecule has 0 saturated carbocycles. The molecule has 2 amide bonds. The summed E-state index contributed by atoms with van der Waals surface area (Å²) >= 11 is 0. The number of urea groups is 1. The number of hydrogen-bond acceptors (Lipinski definition) is 6. The van der Waals surface area contributed by atoms with Gasteiger partial charge in [0.25, 0.3) is 0 Å². The largest absolute Gasteiger partial charge is 0.382 e. The third kappa shape index (κ3) is 4.39. The van der Waals surface area contributed by atoms with Crippen molar-refractivity contribution >= 4 is 23.4 Å². The van der Waals surface area contributed by atoms with E-state index >= 15 is 0 Å². The highest BCUT2D eigenvalue weighted by molar-refractivity contribution is 6.03. The van der Waals surface area contributed by atoms with E-state index in [4.69, 9.17) is 4.98 Å². The number of hydrogen-bond donors (Lipinski definition) is 2. The molecule has 4 heterocycles. The van der Waals surface area contributed by atoms with E-state index in [-0.39, 0.29) is 23.4 Å². The summed E-state index contributed by atoms with van der Waals surface area (Å²) in [6.45, 7) is 11.4. The molecule has 166 valence electrons. The second kappa shape index (κ2) is 8.53. The normalized spacial score (nSPS) is 18.3. The minimum Gasteiger partial charge on any atom is -0.382 e. The number of nitrogens with zero attached hydrogens (tertiary/aromatic N) is 5. The van der Waals surface area contributed by atoms with Crippen LogP contribution in [0.2, 0.25) is 0 Å². The molecule has 0 fully saturated rings. The molecule has 4 rings (SSSR count). The van der Waals surface area contributed by atoms with Crippen LogP contribution in [0.1, 0.15) is 40.2 Å². The fraction of sp³-hybridized carbons (Fsp3) is 0.375. The van der Waals surface area contributed by atoms with Gasteiger partial charge >= 0.3 is 6.03 Å². The Labute approximate surface area is 188 Å². The van der Waals surface area contributed by atoms with Crippen LogP contribution in [0.3, 0.4) is 0 Å². The van der Waals surface area contributed by atoms with E-state index in [2.05, 4.69) is 59.6 Å². The Morgan fingerprint density at radius 1 is 1.19 bits per heavy atom. The van der Waals surface area contributed by atoms with E-state index < -0.39 is 0 Å². The van der Waals surface area contributed by atoms with E-state index in [1.807, 2.05) is 31.5 Å². The first-order chi connectivity index (χ1) is 15.2. The summed E-state index contributed by atoms with van der Waals surface area (Å²) in [6.07, 6.45) is 5.27. The van der Waals surface area contributed by atoms with E-state index in [1.165, 1.54) is 0 Å². The average Bonchev–Trinajstić information content (AvgIpc) is 2.90. The molecule has 0 radical (unpaired) electrons. The molecule has 3 aromatic rings. The van der Waals surface area contributed by atoms with Gasteiger partial charge < -0.3 is 5.32 Å². The smallest absolute Gasteiger partial charge is 0.329 e. The highest BCUT2D eigenvalue weighted by Gasteiger charge is 2.32. The van der Waals surface area contributed by atoms with Crippen LogP contribution in [-0.2, 0) is 5.41 Å². The zero-order valence-corrected chi connectivity index (χ0v) is 19.1. The highest BCUT2D eigenvalue weighted by atomic mass is 16.2. The molecule has 32 heavy (non-hydrogen) atoms. The maximum atomic E-state index is 13.3. The Balaban J connectivity index is 1.76. The van der Waals surface area contributed by atoms with Gasteiger partial charge in [-0.15, -0.1) is 5.10 Å². The maximum Gasteiger partial charge on any atom is 0.329 e. The summed E-state index contributed by atoms with van der Waals surface area (Å²) in [5, 5.41) is 14.1. The van der Waals surface area contributed by atoms with Crippen molar-refractivity contribution < 1.29 is 4.79 Å². The monoisotopic (exact) mass is 431 g/mol. The lowest BCUT2D eigenvalue weighted by molar-refractivity contribution is 0.253. The fourth-order valence-corrected chi connectivity index (χ4v) is 3.63. The lowest BCUT2D eigenvalue weighted by atomic mass is 9.87. The lowest BCUT2D eigenvalue weighted by Gasteiger charge is -2.30. The van der Waals surface area contributed by atoms with Crippen LogP contribution in [-0.4, -0.2) is 38.8 Å². The standard InChI is InChI=1S/C24H29N7O/c1-15-12-26-20-9-8-19(17-11-18(14-25-13-17)24(3,4)5)28-22(20)31(16(15)2)23(32)29-21-7-6-10-27-30-21/h6-11,13-16,26H,12H2,1-5H3,(H,29,30,32)/t15-,16-/m1/s1. The minimum absolute atomic E-state index is 0.0250. The van der Waals surface area contributed by atoms with Crippen LogP contribution in [0.25, 0.3) is 11.3 Å². The molecular formula is C24H29N7O. The number of fused-ring (bicyclic) bond motifs is 1. The maximum absolute atomic E-state index is 13.3. The molecule has 2 atom stereocenters. The van der Waals surface area contributed by atoms with Crippen molar-refractivity contribution in [2.75, 3.05) is 22.1 Å². The number of carbonyl (C=O) groups excluding carboxylic acids is 1. The summed E-state index contributed by atoms with van der Waals surface area (Å²) in [7, 11) is 0. The van der Waals surface area contributed by atoms with Gasteiger partial charge in [0.05, 0.1) is 11.4 Å². The zero-order chi connectivity index (χ0) is 22.9. The van der Waals surface area contributed by atoms with E-state index in [1.54, 1.807) is 23.2 Å². The van der Waals surface area contributed by atoms with Crippen molar-refractivity contribution in [3.8, 4) is 11.3 Å². The van der Waals surface area contributed by atoms with Gasteiger partial charge in [-0.1, -0.05) is 27.7 Å². The molecule has 2 N–H and O–H groups in total. The Bertz CT molecular complexity index is 1110. The lowest BCUT2D eigenvalue weighted by Crippen LogP contribution is -2.45. The van der Waals surface area contributed by atoms with Crippen LogP contribution in [0.5, 0.6) is 0 Å². The van der Waals surface area contributed by atoms with Crippen molar-refractivity contribution in [2.45, 2.75) is 46.1 Å². The molecule has 1 aliphatic rings. The summed E-state index contributed by atoms with van der Waals surface area (Å²) in [4.78, 5) is 24.4. The molecule has 0 aliphatic carbocycles. The van der Waals surface area contributed by atoms with E-state index in [0.29, 0.717) is 11.6 Å². The number of carbonyl (C=O) groups is 1. The predicted molar refractivity (Wildman–Crippen MR) is 127 cm³/mol. The Hall–Kier alpha value is -3.55. The van der Waals surface area contributed by atoms with Crippen LogP contribution < -0.4 is 15.5 Å². The first kappa shape index (κ1) is 21.7. The fourth-order valence-electron chi connectivity index (χ4n) is 3.63. The summed E-state index contributed by atoms with van der Waals surface area (Å²) in [5.41, 5.74) is 3.61. The van der Waals surface area contributed by atoms with Crippen molar-refractivity contribution in [1.82, 2.24) is 20.2 Å². The van der Waals surface area contributed by atoms with Crippen LogP contribution >= 0.6 is 0 Å². The second-order valence-corrected chi connectivity index (χ2v) is 9.29. The molecule has 0 unspecified atom stereocenters. The average molecular weight is 432 g/mol. The number of rotatable bonds is 2. The van der Waals surface area contributed by atoms with Crippen LogP contribution in [0.15, 0.2) is 48.9 Å². The van der Waals surface area contributed by atoms with Gasteiger partial charge in [-0.3, -0.25) is 15.2 Å². The molecule has 0 saturated heterocycles. The van der Waals surface area contributed by atoms with Gasteiger partial charge in [0.2, 0.25) is 0 Å². The minimum atomic E-state index is -0.291. The predicted octanol–water partition coefficient (Wildman–Crippen LogP) is 4.72. The van der Waals surface area contributed by atoms with Crippen LogP contribution in [0.4, 0.5) is 22.1 Å². The van der Waals surface area contributed by atoms with E-state index in [0.717, 1.165) is 29.1 Å². The van der Waals surface area contributed by atoms with Crippen LogP contribution in [0, 0.1) is 5.92 Å². The third-order valence-corrected chi connectivity index (χ3v) is 5.87. The van der Waals surface area contributed by atoms with Crippen molar-refractivity contribution in [3.63, 3.8) is 0 Å². The van der Waals surface area contributed by atoms with E-state index in [9.17, 15) is 4.79 Å². The Morgan fingerprint density at radius 3 is 2.72 bits per heavy atom.